The van der Waals surface area contributed by atoms with Crippen molar-refractivity contribution in [3.63, 3.8) is 0 Å². The van der Waals surface area contributed by atoms with Gasteiger partial charge in [-0.2, -0.15) is 0 Å². The van der Waals surface area contributed by atoms with Crippen LogP contribution in [0.3, 0.4) is 0 Å². The molecule has 1 aromatic heterocycles. The van der Waals surface area contributed by atoms with Gasteiger partial charge >= 0.3 is 0 Å². The predicted molar refractivity (Wildman–Crippen MR) is 86.7 cm³/mol. The molecule has 0 aliphatic heterocycles. The lowest BCUT2D eigenvalue weighted by atomic mass is 10.1. The zero-order chi connectivity index (χ0) is 13.1. The summed E-state index contributed by atoms with van der Waals surface area (Å²) >= 11 is 15.1. The van der Waals surface area contributed by atoms with Gasteiger partial charge in [0.1, 0.15) is 0 Å². The van der Waals surface area contributed by atoms with Crippen molar-refractivity contribution in [2.24, 2.45) is 0 Å². The van der Waals surface area contributed by atoms with Gasteiger partial charge in [0, 0.05) is 13.8 Å². The molecule has 1 heterocycles. The van der Waals surface area contributed by atoms with Crippen LogP contribution in [0.4, 0.5) is 0 Å². The molecule has 1 unspecified atom stereocenters. The highest BCUT2D eigenvalue weighted by Crippen LogP contribution is 2.36. The zero-order valence-corrected chi connectivity index (χ0v) is 14.5. The normalized spacial score (nSPS) is 12.7. The molecule has 0 saturated carbocycles. The van der Waals surface area contributed by atoms with E-state index in [1.165, 1.54) is 5.56 Å². The van der Waals surface area contributed by atoms with Crippen molar-refractivity contribution in [1.82, 2.24) is 5.32 Å². The fraction of sp³-hybridized carbons (Fsp3) is 0.231. The van der Waals surface area contributed by atoms with Crippen molar-refractivity contribution < 1.29 is 0 Å². The third-order valence-electron chi connectivity index (χ3n) is 2.58. The molecule has 0 bridgehead atoms. The van der Waals surface area contributed by atoms with Gasteiger partial charge in [-0.15, -0.1) is 11.3 Å². The van der Waals surface area contributed by atoms with E-state index in [4.69, 9.17) is 11.6 Å². The maximum atomic E-state index is 6.26. The van der Waals surface area contributed by atoms with Gasteiger partial charge in [-0.3, -0.25) is 0 Å². The van der Waals surface area contributed by atoms with E-state index in [-0.39, 0.29) is 6.04 Å². The van der Waals surface area contributed by atoms with Crippen molar-refractivity contribution in [3.05, 3.63) is 54.1 Å². The Morgan fingerprint density at radius 2 is 2.11 bits per heavy atom. The topological polar surface area (TPSA) is 12.0 Å². The lowest BCUT2D eigenvalue weighted by Crippen LogP contribution is -2.21. The fourth-order valence-electron chi connectivity index (χ4n) is 1.80. The van der Waals surface area contributed by atoms with Gasteiger partial charge in [0.05, 0.1) is 11.1 Å². The number of thiophene rings is 1. The molecule has 18 heavy (non-hydrogen) atoms. The van der Waals surface area contributed by atoms with Crippen LogP contribution in [0.5, 0.6) is 0 Å². The summed E-state index contributed by atoms with van der Waals surface area (Å²) in [6.45, 7) is 2.98. The minimum absolute atomic E-state index is 0.120. The highest BCUT2D eigenvalue weighted by molar-refractivity contribution is 9.11. The van der Waals surface area contributed by atoms with E-state index in [2.05, 4.69) is 50.2 Å². The summed E-state index contributed by atoms with van der Waals surface area (Å²) in [5.74, 6) is 0. The van der Waals surface area contributed by atoms with Crippen LogP contribution >= 0.6 is 54.8 Å². The maximum absolute atomic E-state index is 6.26. The quantitative estimate of drug-likeness (QED) is 0.690. The van der Waals surface area contributed by atoms with Gasteiger partial charge in [0.15, 0.2) is 0 Å². The molecule has 0 fully saturated rings. The smallest absolute Gasteiger partial charge is 0.0697 e. The molecular formula is C13H12Br2ClNS. The molecule has 0 radical (unpaired) electrons. The number of benzene rings is 1. The molecule has 2 aromatic rings. The summed E-state index contributed by atoms with van der Waals surface area (Å²) in [5, 5.41) is 6.32. The Hall–Kier alpha value is 0.130. The number of hydrogen-bond donors (Lipinski definition) is 1. The summed E-state index contributed by atoms with van der Waals surface area (Å²) in [6, 6.07) is 8.25. The minimum atomic E-state index is 0.120. The first-order chi connectivity index (χ1) is 8.63. The fourth-order valence-corrected chi connectivity index (χ4v) is 3.91. The van der Waals surface area contributed by atoms with E-state index in [1.807, 2.05) is 23.6 Å². The Balaban J connectivity index is 2.48. The van der Waals surface area contributed by atoms with E-state index in [0.717, 1.165) is 25.4 Å². The number of rotatable bonds is 4. The standard InChI is InChI=1S/C13H12Br2ClNS/c1-2-17-12(13-11(16)5-6-18-13)9-7-8(14)3-4-10(9)15/h3-7,12,17H,2H2,1H3. The Bertz CT molecular complexity index is 542. The van der Waals surface area contributed by atoms with E-state index < -0.39 is 0 Å². The zero-order valence-electron chi connectivity index (χ0n) is 9.71. The van der Waals surface area contributed by atoms with E-state index in [9.17, 15) is 0 Å². The SMILES string of the molecule is CCNC(c1cc(Br)ccc1Br)c1sccc1Cl. The van der Waals surface area contributed by atoms with E-state index in [0.29, 0.717) is 0 Å². The van der Waals surface area contributed by atoms with Crippen molar-refractivity contribution in [3.8, 4) is 0 Å². The van der Waals surface area contributed by atoms with Crippen LogP contribution in [-0.4, -0.2) is 6.54 Å². The van der Waals surface area contributed by atoms with Crippen LogP contribution in [-0.2, 0) is 0 Å². The third kappa shape index (κ3) is 3.17. The molecule has 0 saturated heterocycles. The molecule has 0 spiro atoms. The third-order valence-corrected chi connectivity index (χ3v) is 5.22. The van der Waals surface area contributed by atoms with Crippen molar-refractivity contribution in [2.45, 2.75) is 13.0 Å². The predicted octanol–water partition coefficient (Wildman–Crippen LogP) is 5.63. The largest absolute Gasteiger partial charge is 0.306 e. The molecule has 1 aromatic carbocycles. The summed E-state index contributed by atoms with van der Waals surface area (Å²) < 4.78 is 2.15. The minimum Gasteiger partial charge on any atom is -0.306 e. The molecule has 0 aliphatic rings. The van der Waals surface area contributed by atoms with Crippen LogP contribution in [0, 0.1) is 0 Å². The van der Waals surface area contributed by atoms with Gasteiger partial charge in [0.2, 0.25) is 0 Å². The maximum Gasteiger partial charge on any atom is 0.0697 e. The van der Waals surface area contributed by atoms with Crippen LogP contribution in [0.25, 0.3) is 0 Å². The summed E-state index contributed by atoms with van der Waals surface area (Å²) in [5.41, 5.74) is 1.19. The average molecular weight is 410 g/mol. The number of nitrogens with one attached hydrogen (secondary N) is 1. The number of halogens is 3. The molecule has 0 aliphatic carbocycles. The Kier molecular flexibility index (Phi) is 5.27. The second-order valence-electron chi connectivity index (χ2n) is 3.79. The van der Waals surface area contributed by atoms with Gasteiger partial charge in [-0.25, -0.2) is 0 Å². The number of hydrogen-bond acceptors (Lipinski definition) is 2. The first-order valence-corrected chi connectivity index (χ1v) is 8.39. The second-order valence-corrected chi connectivity index (χ2v) is 6.91. The van der Waals surface area contributed by atoms with Crippen molar-refractivity contribution in [1.29, 1.82) is 0 Å². The van der Waals surface area contributed by atoms with Gasteiger partial charge < -0.3 is 5.32 Å². The van der Waals surface area contributed by atoms with E-state index in [1.54, 1.807) is 11.3 Å². The summed E-state index contributed by atoms with van der Waals surface area (Å²) in [4.78, 5) is 1.15. The molecule has 96 valence electrons. The van der Waals surface area contributed by atoms with Crippen LogP contribution in [0.2, 0.25) is 5.02 Å². The second kappa shape index (κ2) is 6.53. The molecule has 1 atom stereocenters. The molecule has 1 N–H and O–H groups in total. The first-order valence-electron chi connectivity index (χ1n) is 5.54. The lowest BCUT2D eigenvalue weighted by molar-refractivity contribution is 0.637. The van der Waals surface area contributed by atoms with Gasteiger partial charge in [-0.1, -0.05) is 50.4 Å². The van der Waals surface area contributed by atoms with E-state index >= 15 is 0 Å². The van der Waals surface area contributed by atoms with Crippen LogP contribution in [0.1, 0.15) is 23.4 Å². The van der Waals surface area contributed by atoms with Crippen LogP contribution in [0.15, 0.2) is 38.6 Å². The highest BCUT2D eigenvalue weighted by Gasteiger charge is 2.19. The molecular weight excluding hydrogens is 397 g/mol. The Morgan fingerprint density at radius 3 is 2.72 bits per heavy atom. The Labute approximate surface area is 133 Å². The molecule has 1 nitrogen and oxygen atoms in total. The summed E-state index contributed by atoms with van der Waals surface area (Å²) in [7, 11) is 0. The molecule has 2 rings (SSSR count). The lowest BCUT2D eigenvalue weighted by Gasteiger charge is -2.19. The molecule has 0 amide bonds. The van der Waals surface area contributed by atoms with Crippen LogP contribution < -0.4 is 5.32 Å². The first kappa shape index (κ1) is 14.5. The van der Waals surface area contributed by atoms with Crippen molar-refractivity contribution >= 4 is 54.8 Å². The monoisotopic (exact) mass is 407 g/mol. The molecule has 5 heteroatoms. The average Bonchev–Trinajstić information content (AvgIpc) is 2.76. The Morgan fingerprint density at radius 1 is 1.33 bits per heavy atom. The highest BCUT2D eigenvalue weighted by atomic mass is 79.9. The van der Waals surface area contributed by atoms with Crippen molar-refractivity contribution in [2.75, 3.05) is 6.54 Å². The summed E-state index contributed by atoms with van der Waals surface area (Å²) in [6.07, 6.45) is 0. The van der Waals surface area contributed by atoms with Gasteiger partial charge in [-0.05, 0) is 41.8 Å². The van der Waals surface area contributed by atoms with Gasteiger partial charge in [0.25, 0.3) is 0 Å².